The molecule has 0 bridgehead atoms. The molecule has 8 heteroatoms. The predicted molar refractivity (Wildman–Crippen MR) is 147 cm³/mol. The topological polar surface area (TPSA) is 79.0 Å². The van der Waals surface area contributed by atoms with E-state index < -0.39 is 10.0 Å². The molecule has 1 saturated heterocycles. The third-order valence-electron chi connectivity index (χ3n) is 6.50. The highest BCUT2D eigenvalue weighted by atomic mass is 32.2. The molecule has 3 aromatic rings. The smallest absolute Gasteiger partial charge is 0.264 e. The third kappa shape index (κ3) is 6.83. The number of nitrogens with zero attached hydrogens (tertiary/aromatic N) is 2. The van der Waals surface area contributed by atoms with E-state index in [0.29, 0.717) is 30.5 Å². The predicted octanol–water partition coefficient (Wildman–Crippen LogP) is 4.83. The Kier molecular flexibility index (Phi) is 8.71. The van der Waals surface area contributed by atoms with Crippen molar-refractivity contribution < 1.29 is 17.9 Å². The molecule has 37 heavy (non-hydrogen) atoms. The molecular weight excluding hydrogens is 486 g/mol. The lowest BCUT2D eigenvalue weighted by Gasteiger charge is -2.32. The molecule has 1 aliphatic heterocycles. The minimum atomic E-state index is -3.98. The second kappa shape index (κ2) is 12.1. The first kappa shape index (κ1) is 26.5. The average Bonchev–Trinajstić information content (AvgIpc) is 2.92. The van der Waals surface area contributed by atoms with Gasteiger partial charge in [0.2, 0.25) is 5.91 Å². The standard InChI is InChI=1S/C29H35N3O4S/c1-3-36-27-15-17-28(18-16-27)37(34,35)32(26-9-5-4-6-10-26)22-29(33)30-20-24-11-13-25(14-12-24)31-19-7-8-23(2)21-31/h4-6,9-18,23H,3,7-8,19-22H2,1-2H3,(H,30,33). The Balaban J connectivity index is 1.43. The van der Waals surface area contributed by atoms with Crippen LogP contribution in [0.15, 0.2) is 83.8 Å². The molecular formula is C29H35N3O4S. The minimum absolute atomic E-state index is 0.0928. The van der Waals surface area contributed by atoms with Crippen molar-refractivity contribution in [2.75, 3.05) is 35.4 Å². The van der Waals surface area contributed by atoms with Gasteiger partial charge in [-0.25, -0.2) is 8.42 Å². The number of sulfonamides is 1. The summed E-state index contributed by atoms with van der Waals surface area (Å²) in [4.78, 5) is 15.4. The Bertz CT molecular complexity index is 1260. The van der Waals surface area contributed by atoms with Crippen LogP contribution in [0.5, 0.6) is 5.75 Å². The fourth-order valence-electron chi connectivity index (χ4n) is 4.55. The zero-order valence-electron chi connectivity index (χ0n) is 21.5. The number of piperidine rings is 1. The van der Waals surface area contributed by atoms with E-state index in [9.17, 15) is 13.2 Å². The quantitative estimate of drug-likeness (QED) is 0.413. The van der Waals surface area contributed by atoms with Crippen LogP contribution in [-0.2, 0) is 21.4 Å². The molecule has 7 nitrogen and oxygen atoms in total. The molecule has 4 rings (SSSR count). The van der Waals surface area contributed by atoms with Gasteiger partial charge in [0, 0.05) is 25.3 Å². The van der Waals surface area contributed by atoms with Crippen LogP contribution >= 0.6 is 0 Å². The normalized spacial score (nSPS) is 15.7. The zero-order valence-corrected chi connectivity index (χ0v) is 22.3. The van der Waals surface area contributed by atoms with Gasteiger partial charge in [0.1, 0.15) is 12.3 Å². The van der Waals surface area contributed by atoms with Gasteiger partial charge in [-0.15, -0.1) is 0 Å². The van der Waals surface area contributed by atoms with Crippen molar-refractivity contribution in [1.29, 1.82) is 0 Å². The van der Waals surface area contributed by atoms with E-state index in [-0.39, 0.29) is 17.3 Å². The van der Waals surface area contributed by atoms with E-state index in [4.69, 9.17) is 4.74 Å². The van der Waals surface area contributed by atoms with E-state index in [1.165, 1.54) is 30.7 Å². The monoisotopic (exact) mass is 521 g/mol. The molecule has 1 aliphatic rings. The fourth-order valence-corrected chi connectivity index (χ4v) is 5.97. The summed E-state index contributed by atoms with van der Waals surface area (Å²) in [6.07, 6.45) is 2.48. The third-order valence-corrected chi connectivity index (χ3v) is 8.29. The number of anilines is 2. The summed E-state index contributed by atoms with van der Waals surface area (Å²) in [7, 11) is -3.98. The Labute approximate surface area is 220 Å². The molecule has 1 fully saturated rings. The van der Waals surface area contributed by atoms with Gasteiger partial charge < -0.3 is 15.0 Å². The number of carbonyl (C=O) groups is 1. The van der Waals surface area contributed by atoms with Crippen molar-refractivity contribution >= 4 is 27.3 Å². The summed E-state index contributed by atoms with van der Waals surface area (Å²) in [5.74, 6) is 0.901. The summed E-state index contributed by atoms with van der Waals surface area (Å²) >= 11 is 0. The number of para-hydroxylation sites is 1. The van der Waals surface area contributed by atoms with Crippen LogP contribution in [0.2, 0.25) is 0 Å². The van der Waals surface area contributed by atoms with Crippen LogP contribution in [0.3, 0.4) is 0 Å². The highest BCUT2D eigenvalue weighted by Crippen LogP contribution is 2.26. The molecule has 3 aromatic carbocycles. The molecule has 1 N–H and O–H groups in total. The summed E-state index contributed by atoms with van der Waals surface area (Å²) in [6.45, 7) is 6.76. The van der Waals surface area contributed by atoms with Gasteiger partial charge in [-0.3, -0.25) is 9.10 Å². The van der Waals surface area contributed by atoms with Gasteiger partial charge in [0.15, 0.2) is 0 Å². The molecule has 1 amide bonds. The van der Waals surface area contributed by atoms with Crippen LogP contribution < -0.4 is 19.3 Å². The first-order valence-corrected chi connectivity index (χ1v) is 14.2. The maximum atomic E-state index is 13.5. The Morgan fingerprint density at radius 2 is 1.73 bits per heavy atom. The number of amides is 1. The molecule has 0 saturated carbocycles. The molecule has 0 spiro atoms. The van der Waals surface area contributed by atoms with E-state index in [1.807, 2.05) is 19.1 Å². The first-order chi connectivity index (χ1) is 17.9. The second-order valence-electron chi connectivity index (χ2n) is 9.39. The van der Waals surface area contributed by atoms with Crippen molar-refractivity contribution in [3.8, 4) is 5.75 Å². The van der Waals surface area contributed by atoms with Crippen molar-refractivity contribution in [3.63, 3.8) is 0 Å². The number of ether oxygens (including phenoxy) is 1. The van der Waals surface area contributed by atoms with Crippen LogP contribution in [-0.4, -0.2) is 40.6 Å². The van der Waals surface area contributed by atoms with E-state index in [2.05, 4.69) is 29.3 Å². The summed E-state index contributed by atoms with van der Waals surface area (Å²) < 4.78 is 33.6. The maximum Gasteiger partial charge on any atom is 0.264 e. The fraction of sp³-hybridized carbons (Fsp3) is 0.345. The van der Waals surface area contributed by atoms with E-state index in [0.717, 1.165) is 23.0 Å². The number of hydrogen-bond donors (Lipinski definition) is 1. The van der Waals surface area contributed by atoms with Crippen LogP contribution in [0, 0.1) is 5.92 Å². The number of rotatable bonds is 10. The second-order valence-corrected chi connectivity index (χ2v) is 11.3. The molecule has 0 aliphatic carbocycles. The molecule has 1 unspecified atom stereocenters. The zero-order chi connectivity index (χ0) is 26.3. The number of hydrogen-bond acceptors (Lipinski definition) is 5. The van der Waals surface area contributed by atoms with Crippen LogP contribution in [0.4, 0.5) is 11.4 Å². The first-order valence-electron chi connectivity index (χ1n) is 12.8. The minimum Gasteiger partial charge on any atom is -0.494 e. The van der Waals surface area contributed by atoms with Gasteiger partial charge in [0.25, 0.3) is 10.0 Å². The number of nitrogens with one attached hydrogen (secondary N) is 1. The Morgan fingerprint density at radius 3 is 2.38 bits per heavy atom. The SMILES string of the molecule is CCOc1ccc(S(=O)(=O)N(CC(=O)NCc2ccc(N3CCCC(C)C3)cc2)c2ccccc2)cc1. The van der Waals surface area contributed by atoms with Crippen LogP contribution in [0.25, 0.3) is 0 Å². The average molecular weight is 522 g/mol. The summed E-state index contributed by atoms with van der Waals surface area (Å²) in [6, 6.07) is 23.1. The molecule has 1 heterocycles. The summed E-state index contributed by atoms with van der Waals surface area (Å²) in [5.41, 5.74) is 2.58. The Morgan fingerprint density at radius 1 is 1.03 bits per heavy atom. The van der Waals surface area contributed by atoms with Crippen molar-refractivity contribution in [2.45, 2.75) is 38.1 Å². The molecule has 0 radical (unpaired) electrons. The Hall–Kier alpha value is -3.52. The van der Waals surface area contributed by atoms with Crippen molar-refractivity contribution in [2.24, 2.45) is 5.92 Å². The van der Waals surface area contributed by atoms with E-state index >= 15 is 0 Å². The molecule has 1 atom stereocenters. The lowest BCUT2D eigenvalue weighted by molar-refractivity contribution is -0.119. The highest BCUT2D eigenvalue weighted by molar-refractivity contribution is 7.92. The molecule has 0 aromatic heterocycles. The van der Waals surface area contributed by atoms with Gasteiger partial charge in [-0.2, -0.15) is 0 Å². The lowest BCUT2D eigenvalue weighted by atomic mass is 9.99. The lowest BCUT2D eigenvalue weighted by Crippen LogP contribution is -2.40. The van der Waals surface area contributed by atoms with Crippen molar-refractivity contribution in [3.05, 3.63) is 84.4 Å². The largest absolute Gasteiger partial charge is 0.494 e. The van der Waals surface area contributed by atoms with Crippen LogP contribution in [0.1, 0.15) is 32.3 Å². The van der Waals surface area contributed by atoms with Crippen molar-refractivity contribution in [1.82, 2.24) is 5.32 Å². The van der Waals surface area contributed by atoms with E-state index in [1.54, 1.807) is 42.5 Å². The van der Waals surface area contributed by atoms with Gasteiger partial charge in [-0.05, 0) is 79.8 Å². The molecule has 196 valence electrons. The van der Waals surface area contributed by atoms with Gasteiger partial charge in [-0.1, -0.05) is 37.3 Å². The number of benzene rings is 3. The highest BCUT2D eigenvalue weighted by Gasteiger charge is 2.27. The van der Waals surface area contributed by atoms with Gasteiger partial charge in [0.05, 0.1) is 17.2 Å². The van der Waals surface area contributed by atoms with Gasteiger partial charge >= 0.3 is 0 Å². The maximum absolute atomic E-state index is 13.5. The summed E-state index contributed by atoms with van der Waals surface area (Å²) in [5, 5.41) is 2.88. The number of carbonyl (C=O) groups excluding carboxylic acids is 1.